The minimum Gasteiger partial charge on any atom is -0.493 e. The van der Waals surface area contributed by atoms with Crippen LogP contribution in [0.25, 0.3) is 0 Å². The first-order chi connectivity index (χ1) is 13.6. The number of benzene rings is 3. The molecule has 0 fully saturated rings. The molecular weight excluding hydrogens is 361 g/mol. The number of rotatable bonds is 8. The third kappa shape index (κ3) is 5.48. The van der Waals surface area contributed by atoms with Gasteiger partial charge in [0, 0.05) is 11.8 Å². The maximum atomic E-state index is 12.9. The summed E-state index contributed by atoms with van der Waals surface area (Å²) in [6.45, 7) is 0.148. The Labute approximate surface area is 162 Å². The molecule has 3 aromatic rings. The summed E-state index contributed by atoms with van der Waals surface area (Å²) in [5, 5.41) is 2.76. The molecular formula is C22H20FNO4. The smallest absolute Gasteiger partial charge is 0.262 e. The van der Waals surface area contributed by atoms with Gasteiger partial charge in [0.2, 0.25) is 0 Å². The highest BCUT2D eigenvalue weighted by Gasteiger charge is 2.08. The largest absolute Gasteiger partial charge is 0.493 e. The summed E-state index contributed by atoms with van der Waals surface area (Å²) in [6, 6.07) is 20.2. The maximum absolute atomic E-state index is 12.9. The number of para-hydroxylation sites is 2. The average molecular weight is 381 g/mol. The monoisotopic (exact) mass is 381 g/mol. The van der Waals surface area contributed by atoms with Gasteiger partial charge in [-0.3, -0.25) is 4.79 Å². The molecule has 0 aliphatic rings. The fourth-order valence-electron chi connectivity index (χ4n) is 2.49. The third-order valence-corrected chi connectivity index (χ3v) is 3.86. The molecule has 28 heavy (non-hydrogen) atoms. The molecule has 5 nitrogen and oxygen atoms in total. The molecule has 0 heterocycles. The summed E-state index contributed by atoms with van der Waals surface area (Å²) < 4.78 is 29.3. The Bertz CT molecular complexity index is 928. The Morgan fingerprint density at radius 2 is 1.68 bits per heavy atom. The standard InChI is InChI=1S/C22H20FNO4/c1-26-20-7-2-3-8-21(20)28-15-22(25)24-18-5-4-6-19(13-18)27-14-16-9-11-17(23)12-10-16/h2-13H,14-15H2,1H3,(H,24,25). The Kier molecular flexibility index (Phi) is 6.46. The number of anilines is 1. The second kappa shape index (κ2) is 9.41. The van der Waals surface area contributed by atoms with E-state index in [-0.39, 0.29) is 18.3 Å². The maximum Gasteiger partial charge on any atom is 0.262 e. The zero-order chi connectivity index (χ0) is 19.8. The molecule has 0 saturated heterocycles. The second-order valence-corrected chi connectivity index (χ2v) is 5.93. The van der Waals surface area contributed by atoms with Crippen LogP contribution in [0.15, 0.2) is 72.8 Å². The number of nitrogens with one attached hydrogen (secondary N) is 1. The first-order valence-electron chi connectivity index (χ1n) is 8.67. The van der Waals surface area contributed by atoms with E-state index in [4.69, 9.17) is 14.2 Å². The van der Waals surface area contributed by atoms with Gasteiger partial charge >= 0.3 is 0 Å². The molecule has 0 bridgehead atoms. The lowest BCUT2D eigenvalue weighted by Crippen LogP contribution is -2.20. The zero-order valence-electron chi connectivity index (χ0n) is 15.4. The van der Waals surface area contributed by atoms with Crippen molar-refractivity contribution in [3.05, 3.63) is 84.2 Å². The number of methoxy groups -OCH3 is 1. The number of hydrogen-bond donors (Lipinski definition) is 1. The molecule has 0 atom stereocenters. The minimum atomic E-state index is -0.304. The van der Waals surface area contributed by atoms with Gasteiger partial charge in [-0.05, 0) is 42.0 Å². The van der Waals surface area contributed by atoms with E-state index in [1.165, 1.54) is 12.1 Å². The Morgan fingerprint density at radius 1 is 0.929 bits per heavy atom. The highest BCUT2D eigenvalue weighted by Crippen LogP contribution is 2.25. The second-order valence-electron chi connectivity index (χ2n) is 5.93. The molecule has 1 amide bonds. The fourth-order valence-corrected chi connectivity index (χ4v) is 2.49. The van der Waals surface area contributed by atoms with E-state index in [1.54, 1.807) is 61.7 Å². The van der Waals surface area contributed by atoms with Crippen LogP contribution in [-0.4, -0.2) is 19.6 Å². The van der Waals surface area contributed by atoms with Crippen LogP contribution in [0.4, 0.5) is 10.1 Å². The Morgan fingerprint density at radius 3 is 2.43 bits per heavy atom. The van der Waals surface area contributed by atoms with Gasteiger partial charge in [0.1, 0.15) is 18.2 Å². The van der Waals surface area contributed by atoms with Gasteiger partial charge in [0.15, 0.2) is 18.1 Å². The number of halogens is 1. The number of carbonyl (C=O) groups excluding carboxylic acids is 1. The SMILES string of the molecule is COc1ccccc1OCC(=O)Nc1cccc(OCc2ccc(F)cc2)c1. The van der Waals surface area contributed by atoms with Crippen LogP contribution in [0.3, 0.4) is 0 Å². The third-order valence-electron chi connectivity index (χ3n) is 3.86. The highest BCUT2D eigenvalue weighted by molar-refractivity contribution is 5.92. The lowest BCUT2D eigenvalue weighted by molar-refractivity contribution is -0.118. The van der Waals surface area contributed by atoms with Crippen molar-refractivity contribution in [1.82, 2.24) is 0 Å². The molecule has 3 rings (SSSR count). The van der Waals surface area contributed by atoms with Crippen LogP contribution >= 0.6 is 0 Å². The Balaban J connectivity index is 1.53. The van der Waals surface area contributed by atoms with Crippen LogP contribution in [0, 0.1) is 5.82 Å². The minimum absolute atomic E-state index is 0.152. The number of amides is 1. The van der Waals surface area contributed by atoms with Gasteiger partial charge in [-0.25, -0.2) is 4.39 Å². The predicted molar refractivity (Wildman–Crippen MR) is 104 cm³/mol. The summed E-state index contributed by atoms with van der Waals surface area (Å²) in [5.41, 5.74) is 1.44. The predicted octanol–water partition coefficient (Wildman–Crippen LogP) is 4.43. The van der Waals surface area contributed by atoms with Gasteiger partial charge in [-0.2, -0.15) is 0 Å². The van der Waals surface area contributed by atoms with Gasteiger partial charge in [0.05, 0.1) is 7.11 Å². The summed E-state index contributed by atoms with van der Waals surface area (Å²) in [4.78, 5) is 12.2. The van der Waals surface area contributed by atoms with Crippen molar-refractivity contribution in [2.75, 3.05) is 19.0 Å². The van der Waals surface area contributed by atoms with Crippen LogP contribution < -0.4 is 19.5 Å². The van der Waals surface area contributed by atoms with Crippen molar-refractivity contribution in [2.45, 2.75) is 6.61 Å². The highest BCUT2D eigenvalue weighted by atomic mass is 19.1. The van der Waals surface area contributed by atoms with E-state index >= 15 is 0 Å². The molecule has 6 heteroatoms. The summed E-state index contributed by atoms with van der Waals surface area (Å²) in [5.74, 6) is 1.06. The first-order valence-corrected chi connectivity index (χ1v) is 8.67. The first kappa shape index (κ1) is 19.2. The van der Waals surface area contributed by atoms with E-state index in [9.17, 15) is 9.18 Å². The molecule has 0 aliphatic heterocycles. The van der Waals surface area contributed by atoms with Crippen molar-refractivity contribution < 1.29 is 23.4 Å². The van der Waals surface area contributed by atoms with E-state index in [0.717, 1.165) is 5.56 Å². The fraction of sp³-hybridized carbons (Fsp3) is 0.136. The van der Waals surface area contributed by atoms with E-state index in [1.807, 2.05) is 6.07 Å². The van der Waals surface area contributed by atoms with Crippen LogP contribution in [0.2, 0.25) is 0 Å². The number of carbonyl (C=O) groups is 1. The molecule has 0 spiro atoms. The van der Waals surface area contributed by atoms with Crippen molar-refractivity contribution >= 4 is 11.6 Å². The normalized spacial score (nSPS) is 10.2. The molecule has 3 aromatic carbocycles. The number of ether oxygens (including phenoxy) is 3. The summed E-state index contributed by atoms with van der Waals surface area (Å²) >= 11 is 0. The van der Waals surface area contributed by atoms with E-state index < -0.39 is 0 Å². The molecule has 144 valence electrons. The van der Waals surface area contributed by atoms with Crippen LogP contribution in [0.1, 0.15) is 5.56 Å². The van der Waals surface area contributed by atoms with Gasteiger partial charge in [0.25, 0.3) is 5.91 Å². The number of hydrogen-bond acceptors (Lipinski definition) is 4. The lowest BCUT2D eigenvalue weighted by atomic mass is 10.2. The molecule has 0 saturated carbocycles. The Hall–Kier alpha value is -3.54. The van der Waals surface area contributed by atoms with Crippen molar-refractivity contribution in [3.63, 3.8) is 0 Å². The van der Waals surface area contributed by atoms with Gasteiger partial charge < -0.3 is 19.5 Å². The molecule has 0 aromatic heterocycles. The molecule has 0 aliphatic carbocycles. The van der Waals surface area contributed by atoms with Crippen molar-refractivity contribution in [2.24, 2.45) is 0 Å². The van der Waals surface area contributed by atoms with Crippen molar-refractivity contribution in [1.29, 1.82) is 0 Å². The van der Waals surface area contributed by atoms with Gasteiger partial charge in [-0.1, -0.05) is 30.3 Å². The molecule has 1 N–H and O–H groups in total. The average Bonchev–Trinajstić information content (AvgIpc) is 2.72. The van der Waals surface area contributed by atoms with Gasteiger partial charge in [-0.15, -0.1) is 0 Å². The van der Waals surface area contributed by atoms with E-state index in [0.29, 0.717) is 29.5 Å². The summed E-state index contributed by atoms with van der Waals surface area (Å²) in [7, 11) is 1.54. The zero-order valence-corrected chi connectivity index (χ0v) is 15.4. The van der Waals surface area contributed by atoms with Crippen LogP contribution in [0.5, 0.6) is 17.2 Å². The molecule has 0 unspecified atom stereocenters. The lowest BCUT2D eigenvalue weighted by Gasteiger charge is -2.11. The van der Waals surface area contributed by atoms with E-state index in [2.05, 4.69) is 5.32 Å². The summed E-state index contributed by atoms with van der Waals surface area (Å²) in [6.07, 6.45) is 0. The quantitative estimate of drug-likeness (QED) is 0.627. The van der Waals surface area contributed by atoms with Crippen molar-refractivity contribution in [3.8, 4) is 17.2 Å². The molecule has 0 radical (unpaired) electrons. The van der Waals surface area contributed by atoms with Crippen LogP contribution in [-0.2, 0) is 11.4 Å². The topological polar surface area (TPSA) is 56.8 Å².